The molecule has 0 N–H and O–H groups in total. The minimum Gasteiger partial charge on any atom is -0.312 e. The van der Waals surface area contributed by atoms with Gasteiger partial charge in [0.2, 0.25) is 5.95 Å². The minimum atomic E-state index is 0.593. The first-order chi connectivity index (χ1) is 12.2. The molecule has 0 aliphatic carbocycles. The molecular weight excluding hydrogens is 330 g/mol. The zero-order chi connectivity index (χ0) is 17.4. The summed E-state index contributed by atoms with van der Waals surface area (Å²) in [6.07, 6.45) is 3.45. The fraction of sp³-hybridized carbons (Fsp3) is 0.381. The summed E-state index contributed by atoms with van der Waals surface area (Å²) in [5, 5.41) is 0.769. The molecule has 130 valence electrons. The van der Waals surface area contributed by atoms with Crippen LogP contribution in [0.4, 0.5) is 11.6 Å². The molecule has 0 saturated carbocycles. The van der Waals surface area contributed by atoms with E-state index in [4.69, 9.17) is 16.6 Å². The number of aromatic nitrogens is 2. The number of hydrogen-bond acceptors (Lipinski definition) is 2. The molecule has 25 heavy (non-hydrogen) atoms. The van der Waals surface area contributed by atoms with E-state index in [-0.39, 0.29) is 0 Å². The lowest BCUT2D eigenvalue weighted by molar-refractivity contribution is 0.595. The molecule has 3 aromatic rings. The summed E-state index contributed by atoms with van der Waals surface area (Å²) in [6.45, 7) is 6.58. The Hall–Kier alpha value is -2.00. The SMILES string of the molecule is CCC(CC)c1cccc2nc3n(c12)CCCN3c1ccc(Cl)cc1. The number of rotatable bonds is 4. The first-order valence-corrected chi connectivity index (χ1v) is 9.63. The van der Waals surface area contributed by atoms with E-state index in [1.807, 2.05) is 12.1 Å². The lowest BCUT2D eigenvalue weighted by Crippen LogP contribution is -2.28. The number of aryl methyl sites for hydroxylation is 1. The second kappa shape index (κ2) is 6.72. The van der Waals surface area contributed by atoms with Gasteiger partial charge in [0.05, 0.1) is 11.0 Å². The largest absolute Gasteiger partial charge is 0.312 e. The van der Waals surface area contributed by atoms with Crippen molar-refractivity contribution in [2.45, 2.75) is 45.6 Å². The van der Waals surface area contributed by atoms with Crippen LogP contribution < -0.4 is 4.90 Å². The fourth-order valence-electron chi connectivity index (χ4n) is 4.03. The number of para-hydroxylation sites is 1. The van der Waals surface area contributed by atoms with Crippen LogP contribution in [0.1, 0.15) is 44.6 Å². The molecule has 4 rings (SSSR count). The van der Waals surface area contributed by atoms with Crippen LogP contribution in [0.15, 0.2) is 42.5 Å². The van der Waals surface area contributed by atoms with Gasteiger partial charge in [-0.1, -0.05) is 37.6 Å². The maximum atomic E-state index is 6.06. The highest BCUT2D eigenvalue weighted by atomic mass is 35.5. The number of benzene rings is 2. The molecule has 1 aromatic heterocycles. The first kappa shape index (κ1) is 16.5. The Morgan fingerprint density at radius 2 is 1.80 bits per heavy atom. The van der Waals surface area contributed by atoms with Gasteiger partial charge in [0.1, 0.15) is 0 Å². The molecule has 4 heteroatoms. The molecular formula is C21H24ClN3. The topological polar surface area (TPSA) is 21.1 Å². The van der Waals surface area contributed by atoms with Crippen LogP contribution in [0.5, 0.6) is 0 Å². The molecule has 0 saturated heterocycles. The molecule has 2 heterocycles. The lowest BCUT2D eigenvalue weighted by atomic mass is 9.93. The molecule has 0 bridgehead atoms. The van der Waals surface area contributed by atoms with Gasteiger partial charge in [-0.15, -0.1) is 0 Å². The van der Waals surface area contributed by atoms with Crippen molar-refractivity contribution >= 4 is 34.3 Å². The van der Waals surface area contributed by atoms with Gasteiger partial charge in [-0.25, -0.2) is 4.98 Å². The molecule has 3 nitrogen and oxygen atoms in total. The molecule has 1 aliphatic rings. The van der Waals surface area contributed by atoms with Crippen LogP contribution in [0.2, 0.25) is 5.02 Å². The number of fused-ring (bicyclic) bond motifs is 3. The van der Waals surface area contributed by atoms with Crippen LogP contribution in [0.3, 0.4) is 0 Å². The molecule has 0 amide bonds. The Balaban J connectivity index is 1.87. The summed E-state index contributed by atoms with van der Waals surface area (Å²) < 4.78 is 2.42. The standard InChI is InChI=1S/C21H24ClN3/c1-3-15(4-2)18-7-5-8-19-20(18)25-14-6-13-24(21(25)23-19)17-11-9-16(22)10-12-17/h5,7-12,15H,3-4,6,13-14H2,1-2H3. The summed E-state index contributed by atoms with van der Waals surface area (Å²) in [4.78, 5) is 7.32. The van der Waals surface area contributed by atoms with Crippen LogP contribution in [0.25, 0.3) is 11.0 Å². The summed E-state index contributed by atoms with van der Waals surface area (Å²) in [7, 11) is 0. The van der Waals surface area contributed by atoms with Crippen molar-refractivity contribution in [3.63, 3.8) is 0 Å². The van der Waals surface area contributed by atoms with E-state index in [1.54, 1.807) is 0 Å². The highest BCUT2D eigenvalue weighted by Gasteiger charge is 2.25. The van der Waals surface area contributed by atoms with Gasteiger partial charge in [0.25, 0.3) is 0 Å². The summed E-state index contributed by atoms with van der Waals surface area (Å²) in [6, 6.07) is 14.7. The lowest BCUT2D eigenvalue weighted by Gasteiger charge is -2.29. The Bertz CT molecular complexity index is 878. The Morgan fingerprint density at radius 3 is 2.52 bits per heavy atom. The van der Waals surface area contributed by atoms with Crippen molar-refractivity contribution in [1.29, 1.82) is 0 Å². The number of anilines is 2. The molecule has 1 aliphatic heterocycles. The van der Waals surface area contributed by atoms with Crippen molar-refractivity contribution in [1.82, 2.24) is 9.55 Å². The summed E-state index contributed by atoms with van der Waals surface area (Å²) in [5.41, 5.74) is 5.04. The third-order valence-corrected chi connectivity index (χ3v) is 5.60. The van der Waals surface area contributed by atoms with Gasteiger partial charge in [-0.3, -0.25) is 0 Å². The Morgan fingerprint density at radius 1 is 1.04 bits per heavy atom. The normalized spacial score (nSPS) is 14.3. The summed E-state index contributed by atoms with van der Waals surface area (Å²) >= 11 is 6.06. The van der Waals surface area contributed by atoms with Crippen molar-refractivity contribution in [2.75, 3.05) is 11.4 Å². The third kappa shape index (κ3) is 2.81. The first-order valence-electron chi connectivity index (χ1n) is 9.25. The molecule has 0 spiro atoms. The van der Waals surface area contributed by atoms with Crippen molar-refractivity contribution < 1.29 is 0 Å². The highest BCUT2D eigenvalue weighted by Crippen LogP contribution is 2.37. The van der Waals surface area contributed by atoms with Gasteiger partial charge in [0, 0.05) is 23.8 Å². The number of imidazole rings is 1. The van der Waals surface area contributed by atoms with E-state index >= 15 is 0 Å². The number of halogens is 1. The predicted molar refractivity (Wildman–Crippen MR) is 106 cm³/mol. The minimum absolute atomic E-state index is 0.593. The summed E-state index contributed by atoms with van der Waals surface area (Å²) in [5.74, 6) is 1.65. The van der Waals surface area contributed by atoms with E-state index in [0.717, 1.165) is 54.5 Å². The monoisotopic (exact) mass is 353 g/mol. The maximum absolute atomic E-state index is 6.06. The molecule has 0 unspecified atom stereocenters. The maximum Gasteiger partial charge on any atom is 0.211 e. The highest BCUT2D eigenvalue weighted by molar-refractivity contribution is 6.30. The third-order valence-electron chi connectivity index (χ3n) is 5.35. The van der Waals surface area contributed by atoms with E-state index in [0.29, 0.717) is 5.92 Å². The Kier molecular flexibility index (Phi) is 4.43. The van der Waals surface area contributed by atoms with Gasteiger partial charge < -0.3 is 9.47 Å². The van der Waals surface area contributed by atoms with Gasteiger partial charge in [-0.05, 0) is 61.1 Å². The molecule has 0 atom stereocenters. The van der Waals surface area contributed by atoms with Crippen LogP contribution in [0, 0.1) is 0 Å². The fourth-order valence-corrected chi connectivity index (χ4v) is 4.16. The number of hydrogen-bond donors (Lipinski definition) is 0. The quantitative estimate of drug-likeness (QED) is 0.562. The van der Waals surface area contributed by atoms with Crippen molar-refractivity contribution in [3.8, 4) is 0 Å². The second-order valence-electron chi connectivity index (χ2n) is 6.77. The zero-order valence-corrected chi connectivity index (χ0v) is 15.6. The molecule has 0 fully saturated rings. The molecule has 0 radical (unpaired) electrons. The predicted octanol–water partition coefficient (Wildman–Crippen LogP) is 6.14. The average molecular weight is 354 g/mol. The average Bonchev–Trinajstić information content (AvgIpc) is 3.03. The van der Waals surface area contributed by atoms with Gasteiger partial charge >= 0.3 is 0 Å². The molecule has 2 aromatic carbocycles. The van der Waals surface area contributed by atoms with Crippen LogP contribution in [-0.2, 0) is 6.54 Å². The van der Waals surface area contributed by atoms with Crippen LogP contribution in [-0.4, -0.2) is 16.1 Å². The smallest absolute Gasteiger partial charge is 0.211 e. The van der Waals surface area contributed by atoms with E-state index < -0.39 is 0 Å². The van der Waals surface area contributed by atoms with Gasteiger partial charge in [0.15, 0.2) is 0 Å². The zero-order valence-electron chi connectivity index (χ0n) is 14.9. The van der Waals surface area contributed by atoms with Crippen molar-refractivity contribution in [3.05, 3.63) is 53.1 Å². The van der Waals surface area contributed by atoms with Gasteiger partial charge in [-0.2, -0.15) is 0 Å². The van der Waals surface area contributed by atoms with E-state index in [2.05, 4.69) is 53.6 Å². The number of nitrogens with zero attached hydrogens (tertiary/aromatic N) is 3. The Labute approximate surface area is 154 Å². The van der Waals surface area contributed by atoms with Crippen molar-refractivity contribution in [2.24, 2.45) is 0 Å². The van der Waals surface area contributed by atoms with E-state index in [1.165, 1.54) is 11.1 Å². The van der Waals surface area contributed by atoms with E-state index in [9.17, 15) is 0 Å². The van der Waals surface area contributed by atoms with Crippen LogP contribution >= 0.6 is 11.6 Å². The second-order valence-corrected chi connectivity index (χ2v) is 7.21.